The summed E-state index contributed by atoms with van der Waals surface area (Å²) < 4.78 is 0. The lowest BCUT2D eigenvalue weighted by molar-refractivity contribution is 0.0879. The van der Waals surface area contributed by atoms with Crippen LogP contribution in [0.5, 0.6) is 0 Å². The third-order valence-electron chi connectivity index (χ3n) is 5.08. The van der Waals surface area contributed by atoms with Crippen LogP contribution < -0.4 is 5.73 Å². The second-order valence-electron chi connectivity index (χ2n) is 7.39. The second kappa shape index (κ2) is 6.50. The molecule has 1 aromatic rings. The molecular formula is C19H30N2. The van der Waals surface area contributed by atoms with E-state index in [9.17, 15) is 0 Å². The number of likely N-dealkylation sites (tertiary alicyclic amines) is 1. The number of nitrogens with two attached hydrogens (primary N) is 1. The molecule has 0 bridgehead atoms. The molecule has 2 fully saturated rings. The highest BCUT2D eigenvalue weighted by Crippen LogP contribution is 2.42. The Kier molecular flexibility index (Phi) is 4.66. The quantitative estimate of drug-likeness (QED) is 0.893. The number of hydrogen-bond donors (Lipinski definition) is 1. The predicted molar refractivity (Wildman–Crippen MR) is 89.2 cm³/mol. The lowest BCUT2D eigenvalue weighted by atomic mass is 9.84. The number of rotatable bonds is 5. The van der Waals surface area contributed by atoms with Crippen LogP contribution in [0.25, 0.3) is 0 Å². The highest BCUT2D eigenvalue weighted by Gasteiger charge is 2.39. The second-order valence-corrected chi connectivity index (χ2v) is 7.39. The van der Waals surface area contributed by atoms with Gasteiger partial charge in [0.25, 0.3) is 0 Å². The molecular weight excluding hydrogens is 256 g/mol. The summed E-state index contributed by atoms with van der Waals surface area (Å²) in [6.45, 7) is 6.66. The Balaban J connectivity index is 1.80. The van der Waals surface area contributed by atoms with Crippen LogP contribution in [0.2, 0.25) is 0 Å². The van der Waals surface area contributed by atoms with Gasteiger partial charge in [0.1, 0.15) is 0 Å². The highest BCUT2D eigenvalue weighted by molar-refractivity contribution is 5.27. The first kappa shape index (κ1) is 15.1. The van der Waals surface area contributed by atoms with Crippen LogP contribution in [0.1, 0.15) is 56.7 Å². The van der Waals surface area contributed by atoms with E-state index in [1.165, 1.54) is 49.8 Å². The molecule has 0 aromatic heterocycles. The highest BCUT2D eigenvalue weighted by atomic mass is 15.2. The first-order valence-corrected chi connectivity index (χ1v) is 8.73. The molecule has 2 heteroatoms. The first-order valence-electron chi connectivity index (χ1n) is 8.73. The largest absolute Gasteiger partial charge is 0.330 e. The Morgan fingerprint density at radius 3 is 2.43 bits per heavy atom. The van der Waals surface area contributed by atoms with Gasteiger partial charge in [-0.25, -0.2) is 0 Å². The molecule has 1 aliphatic carbocycles. The van der Waals surface area contributed by atoms with Crippen LogP contribution in [0, 0.1) is 11.8 Å². The fraction of sp³-hybridized carbons (Fsp3) is 0.684. The maximum Gasteiger partial charge on any atom is 0.0391 e. The van der Waals surface area contributed by atoms with E-state index in [0.717, 1.165) is 18.5 Å². The zero-order chi connectivity index (χ0) is 14.8. The van der Waals surface area contributed by atoms with Crippen molar-refractivity contribution in [3.8, 4) is 0 Å². The lowest BCUT2D eigenvalue weighted by Crippen LogP contribution is -2.42. The smallest absolute Gasteiger partial charge is 0.0391 e. The van der Waals surface area contributed by atoms with Gasteiger partial charge in [-0.15, -0.1) is 0 Å². The summed E-state index contributed by atoms with van der Waals surface area (Å²) in [7, 11) is 0. The molecule has 2 aliphatic rings. The monoisotopic (exact) mass is 286 g/mol. The molecule has 3 rings (SSSR count). The Hall–Kier alpha value is -0.860. The van der Waals surface area contributed by atoms with Crippen LogP contribution in [0.4, 0.5) is 0 Å². The van der Waals surface area contributed by atoms with Crippen LogP contribution in [-0.2, 0) is 6.42 Å². The van der Waals surface area contributed by atoms with Gasteiger partial charge >= 0.3 is 0 Å². The molecule has 1 aromatic carbocycles. The molecule has 2 atom stereocenters. The number of benzene rings is 1. The van der Waals surface area contributed by atoms with E-state index >= 15 is 0 Å². The fourth-order valence-corrected chi connectivity index (χ4v) is 3.95. The van der Waals surface area contributed by atoms with Crippen molar-refractivity contribution >= 4 is 0 Å². The van der Waals surface area contributed by atoms with Gasteiger partial charge in [-0.05, 0) is 68.2 Å². The Labute approximate surface area is 129 Å². The molecule has 116 valence electrons. The number of piperidine rings is 1. The Morgan fingerprint density at radius 1 is 1.14 bits per heavy atom. The molecule has 0 spiro atoms. The van der Waals surface area contributed by atoms with Gasteiger partial charge in [0.2, 0.25) is 0 Å². The van der Waals surface area contributed by atoms with E-state index in [1.807, 2.05) is 0 Å². The van der Waals surface area contributed by atoms with Gasteiger partial charge in [-0.2, -0.15) is 0 Å². The van der Waals surface area contributed by atoms with Gasteiger partial charge in [0.15, 0.2) is 0 Å². The summed E-state index contributed by atoms with van der Waals surface area (Å²) in [6, 6.07) is 10.8. The zero-order valence-electron chi connectivity index (χ0n) is 13.6. The minimum absolute atomic E-state index is 0.560. The number of nitrogens with zero attached hydrogens (tertiary/aromatic N) is 1. The topological polar surface area (TPSA) is 29.3 Å². The molecule has 2 nitrogen and oxygen atoms in total. The van der Waals surface area contributed by atoms with Gasteiger partial charge in [-0.3, -0.25) is 4.90 Å². The summed E-state index contributed by atoms with van der Waals surface area (Å²) in [5.41, 5.74) is 9.04. The summed E-state index contributed by atoms with van der Waals surface area (Å²) in [4.78, 5) is 2.75. The summed E-state index contributed by atoms with van der Waals surface area (Å²) >= 11 is 0. The van der Waals surface area contributed by atoms with Crippen LogP contribution in [0.15, 0.2) is 24.3 Å². The summed E-state index contributed by atoms with van der Waals surface area (Å²) in [6.07, 6.45) is 6.56. The molecule has 0 radical (unpaired) electrons. The van der Waals surface area contributed by atoms with Crippen LogP contribution in [-0.4, -0.2) is 24.0 Å². The van der Waals surface area contributed by atoms with E-state index < -0.39 is 0 Å². The van der Waals surface area contributed by atoms with Crippen molar-refractivity contribution in [2.24, 2.45) is 17.6 Å². The van der Waals surface area contributed by atoms with Crippen LogP contribution >= 0.6 is 0 Å². The molecule has 2 unspecified atom stereocenters. The maximum atomic E-state index is 6.08. The Morgan fingerprint density at radius 2 is 1.86 bits per heavy atom. The van der Waals surface area contributed by atoms with Crippen molar-refractivity contribution in [3.63, 3.8) is 0 Å². The van der Waals surface area contributed by atoms with Crippen molar-refractivity contribution in [2.75, 3.05) is 13.1 Å². The third kappa shape index (κ3) is 3.49. The first-order chi connectivity index (χ1) is 10.2. The van der Waals surface area contributed by atoms with Gasteiger partial charge < -0.3 is 5.73 Å². The molecule has 2 N–H and O–H groups in total. The van der Waals surface area contributed by atoms with E-state index in [4.69, 9.17) is 5.73 Å². The summed E-state index contributed by atoms with van der Waals surface area (Å²) in [5.74, 6) is 1.36. The minimum atomic E-state index is 0.560. The average molecular weight is 286 g/mol. The molecule has 1 saturated heterocycles. The van der Waals surface area contributed by atoms with Gasteiger partial charge in [-0.1, -0.05) is 38.1 Å². The lowest BCUT2D eigenvalue weighted by Gasteiger charge is -2.41. The molecule has 0 amide bonds. The fourth-order valence-electron chi connectivity index (χ4n) is 3.95. The average Bonchev–Trinajstić information content (AvgIpc) is 3.31. The van der Waals surface area contributed by atoms with Gasteiger partial charge in [0, 0.05) is 12.1 Å². The van der Waals surface area contributed by atoms with Crippen molar-refractivity contribution in [3.05, 3.63) is 35.4 Å². The molecule has 1 heterocycles. The Bertz CT molecular complexity index is 447. The van der Waals surface area contributed by atoms with Crippen molar-refractivity contribution < 1.29 is 0 Å². The minimum Gasteiger partial charge on any atom is -0.330 e. The van der Waals surface area contributed by atoms with E-state index in [0.29, 0.717) is 12.0 Å². The van der Waals surface area contributed by atoms with E-state index in [1.54, 1.807) is 0 Å². The van der Waals surface area contributed by atoms with Crippen LogP contribution in [0.3, 0.4) is 0 Å². The summed E-state index contributed by atoms with van der Waals surface area (Å²) in [5, 5.41) is 0. The standard InChI is InChI=1S/C19H30N2/c1-14(2)12-15-5-7-16(8-6-15)19-17(13-20)4-3-11-21(19)18-9-10-18/h5-8,14,17-19H,3-4,9-13,20H2,1-2H3. The van der Waals surface area contributed by atoms with E-state index in [-0.39, 0.29) is 0 Å². The third-order valence-corrected chi connectivity index (χ3v) is 5.08. The van der Waals surface area contributed by atoms with E-state index in [2.05, 4.69) is 43.0 Å². The predicted octanol–water partition coefficient (Wildman–Crippen LogP) is 3.76. The van der Waals surface area contributed by atoms with Gasteiger partial charge in [0.05, 0.1) is 0 Å². The van der Waals surface area contributed by atoms with Crippen molar-refractivity contribution in [1.82, 2.24) is 4.90 Å². The number of hydrogen-bond acceptors (Lipinski definition) is 2. The van der Waals surface area contributed by atoms with Crippen molar-refractivity contribution in [2.45, 2.75) is 58.0 Å². The molecule has 21 heavy (non-hydrogen) atoms. The maximum absolute atomic E-state index is 6.08. The van der Waals surface area contributed by atoms with Crippen molar-refractivity contribution in [1.29, 1.82) is 0 Å². The zero-order valence-corrected chi connectivity index (χ0v) is 13.6. The SMILES string of the molecule is CC(C)Cc1ccc(C2C(CN)CCCN2C2CC2)cc1. The molecule has 1 saturated carbocycles. The molecule has 1 aliphatic heterocycles. The normalized spacial score (nSPS) is 27.2.